The molecule has 0 spiro atoms. The zero-order chi connectivity index (χ0) is 12.8. The van der Waals surface area contributed by atoms with Crippen LogP contribution < -0.4 is 5.32 Å². The lowest BCUT2D eigenvalue weighted by molar-refractivity contribution is 0.0958. The Morgan fingerprint density at radius 2 is 1.94 bits per heavy atom. The van der Waals surface area contributed by atoms with Gasteiger partial charge in [-0.1, -0.05) is 43.7 Å². The monoisotopic (exact) mass is 241 g/mol. The highest BCUT2D eigenvalue weighted by molar-refractivity contribution is 5.94. The molecule has 2 rings (SSSR count). The van der Waals surface area contributed by atoms with Crippen LogP contribution in [0, 0.1) is 18.3 Å². The number of amides is 1. The molecule has 0 saturated heterocycles. The lowest BCUT2D eigenvalue weighted by Crippen LogP contribution is -2.23. The Hall–Kier alpha value is -1.75. The Bertz CT molecular complexity index is 435. The summed E-state index contributed by atoms with van der Waals surface area (Å²) in [5.74, 6) is 3.14. The van der Waals surface area contributed by atoms with E-state index in [2.05, 4.69) is 23.4 Å². The summed E-state index contributed by atoms with van der Waals surface area (Å²) in [7, 11) is 0. The van der Waals surface area contributed by atoms with Crippen LogP contribution in [0.4, 0.5) is 0 Å². The van der Waals surface area contributed by atoms with Gasteiger partial charge in [0.15, 0.2) is 0 Å². The van der Waals surface area contributed by atoms with E-state index in [1.54, 1.807) is 0 Å². The van der Waals surface area contributed by atoms with Crippen molar-refractivity contribution in [2.45, 2.75) is 32.1 Å². The van der Waals surface area contributed by atoms with Gasteiger partial charge in [-0.2, -0.15) is 0 Å². The second kappa shape index (κ2) is 6.26. The molecule has 0 unspecified atom stereocenters. The molecule has 2 nitrogen and oxygen atoms in total. The Morgan fingerprint density at radius 1 is 1.28 bits per heavy atom. The third-order valence-corrected chi connectivity index (χ3v) is 3.57. The summed E-state index contributed by atoms with van der Waals surface area (Å²) < 4.78 is 0. The first kappa shape index (κ1) is 12.7. The molecule has 1 N–H and O–H groups in total. The number of hydrogen-bond acceptors (Lipinski definition) is 1. The van der Waals surface area contributed by atoms with Crippen molar-refractivity contribution in [1.82, 2.24) is 5.32 Å². The van der Waals surface area contributed by atoms with Gasteiger partial charge in [0.25, 0.3) is 5.91 Å². The van der Waals surface area contributed by atoms with E-state index in [1.165, 1.54) is 31.2 Å². The zero-order valence-electron chi connectivity index (χ0n) is 10.6. The minimum absolute atomic E-state index is 0.0969. The maximum absolute atomic E-state index is 11.7. The molecule has 1 amide bonds. The zero-order valence-corrected chi connectivity index (χ0v) is 10.6. The molecule has 94 valence electrons. The van der Waals surface area contributed by atoms with Gasteiger partial charge in [0.2, 0.25) is 0 Å². The van der Waals surface area contributed by atoms with Crippen molar-refractivity contribution < 1.29 is 4.79 Å². The molecule has 18 heavy (non-hydrogen) atoms. The van der Waals surface area contributed by atoms with Crippen LogP contribution in [0.25, 0.3) is 0 Å². The van der Waals surface area contributed by atoms with Crippen molar-refractivity contribution in [2.75, 3.05) is 6.54 Å². The second-order valence-corrected chi connectivity index (χ2v) is 4.94. The van der Waals surface area contributed by atoms with Crippen molar-refractivity contribution in [1.29, 1.82) is 0 Å². The number of rotatable bonds is 4. The Morgan fingerprint density at radius 3 is 2.56 bits per heavy atom. The maximum Gasteiger partial charge on any atom is 0.252 e. The van der Waals surface area contributed by atoms with Gasteiger partial charge >= 0.3 is 0 Å². The summed E-state index contributed by atoms with van der Waals surface area (Å²) in [6, 6.07) is 7.89. The third kappa shape index (κ3) is 3.37. The first-order chi connectivity index (χ1) is 8.79. The van der Waals surface area contributed by atoms with Crippen LogP contribution in [0.3, 0.4) is 0 Å². The molecule has 0 bridgehead atoms. The summed E-state index contributed by atoms with van der Waals surface area (Å²) in [6.45, 7) is 0.280. The summed E-state index contributed by atoms with van der Waals surface area (Å²) in [6.07, 6.45) is 11.7. The predicted molar refractivity (Wildman–Crippen MR) is 73.3 cm³/mol. The van der Waals surface area contributed by atoms with Crippen molar-refractivity contribution >= 4 is 5.91 Å². The molecule has 0 atom stereocenters. The van der Waals surface area contributed by atoms with Crippen LogP contribution in [0.2, 0.25) is 0 Å². The molecule has 0 aromatic heterocycles. The van der Waals surface area contributed by atoms with E-state index >= 15 is 0 Å². The number of benzene rings is 1. The number of terminal acetylenes is 1. The molecule has 1 fully saturated rings. The average Bonchev–Trinajstić information content (AvgIpc) is 2.89. The van der Waals surface area contributed by atoms with Crippen molar-refractivity contribution in [3.05, 3.63) is 35.4 Å². The fourth-order valence-corrected chi connectivity index (χ4v) is 2.57. The summed E-state index contributed by atoms with van der Waals surface area (Å²) in [4.78, 5) is 11.7. The van der Waals surface area contributed by atoms with E-state index in [-0.39, 0.29) is 12.5 Å². The van der Waals surface area contributed by atoms with Crippen molar-refractivity contribution in [3.8, 4) is 12.3 Å². The second-order valence-electron chi connectivity index (χ2n) is 4.94. The molecule has 0 radical (unpaired) electrons. The van der Waals surface area contributed by atoms with E-state index < -0.39 is 0 Å². The minimum Gasteiger partial charge on any atom is -0.341 e. The maximum atomic E-state index is 11.7. The predicted octanol–water partition coefficient (Wildman–Crippen LogP) is 2.78. The Balaban J connectivity index is 1.92. The van der Waals surface area contributed by atoms with Gasteiger partial charge in [-0.15, -0.1) is 6.42 Å². The van der Waals surface area contributed by atoms with Gasteiger partial charge in [-0.05, 0) is 30.0 Å². The van der Waals surface area contributed by atoms with E-state index in [9.17, 15) is 4.79 Å². The van der Waals surface area contributed by atoms with Gasteiger partial charge in [-0.3, -0.25) is 4.79 Å². The van der Waals surface area contributed by atoms with Crippen LogP contribution in [0.5, 0.6) is 0 Å². The number of nitrogens with one attached hydrogen (secondary N) is 1. The molecule has 1 aromatic rings. The van der Waals surface area contributed by atoms with Crippen molar-refractivity contribution in [2.24, 2.45) is 5.92 Å². The molecule has 2 heteroatoms. The van der Waals surface area contributed by atoms with Gasteiger partial charge in [0.1, 0.15) is 0 Å². The molecule has 0 aliphatic heterocycles. The topological polar surface area (TPSA) is 29.1 Å². The van der Waals surface area contributed by atoms with E-state index in [0.717, 1.165) is 12.3 Å². The highest BCUT2D eigenvalue weighted by atomic mass is 16.1. The SMILES string of the molecule is C#CCNC(=O)c1ccc(CC2CCCC2)cc1. The van der Waals surface area contributed by atoms with Gasteiger partial charge in [-0.25, -0.2) is 0 Å². The highest BCUT2D eigenvalue weighted by Crippen LogP contribution is 2.27. The smallest absolute Gasteiger partial charge is 0.252 e. The molecular formula is C16H19NO. The number of carbonyl (C=O) groups is 1. The lowest BCUT2D eigenvalue weighted by atomic mass is 9.97. The highest BCUT2D eigenvalue weighted by Gasteiger charge is 2.15. The molecule has 1 aliphatic carbocycles. The Kier molecular flexibility index (Phi) is 4.41. The van der Waals surface area contributed by atoms with Crippen molar-refractivity contribution in [3.63, 3.8) is 0 Å². The van der Waals surface area contributed by atoms with Gasteiger partial charge in [0, 0.05) is 5.56 Å². The molecular weight excluding hydrogens is 222 g/mol. The Labute approximate surface area is 109 Å². The van der Waals surface area contributed by atoms with E-state index in [4.69, 9.17) is 6.42 Å². The largest absolute Gasteiger partial charge is 0.341 e. The number of hydrogen-bond donors (Lipinski definition) is 1. The fraction of sp³-hybridized carbons (Fsp3) is 0.438. The molecule has 1 aliphatic rings. The number of carbonyl (C=O) groups excluding carboxylic acids is 1. The fourth-order valence-electron chi connectivity index (χ4n) is 2.57. The minimum atomic E-state index is -0.0969. The van der Waals surface area contributed by atoms with Gasteiger partial charge < -0.3 is 5.32 Å². The molecule has 1 saturated carbocycles. The van der Waals surface area contributed by atoms with E-state index in [1.807, 2.05) is 12.1 Å². The van der Waals surface area contributed by atoms with Crippen LogP contribution in [0.1, 0.15) is 41.6 Å². The van der Waals surface area contributed by atoms with Crippen LogP contribution >= 0.6 is 0 Å². The van der Waals surface area contributed by atoms with Gasteiger partial charge in [0.05, 0.1) is 6.54 Å². The summed E-state index contributed by atoms with van der Waals surface area (Å²) >= 11 is 0. The first-order valence-corrected chi connectivity index (χ1v) is 6.60. The normalized spacial score (nSPS) is 15.3. The summed E-state index contributed by atoms with van der Waals surface area (Å²) in [5.41, 5.74) is 2.01. The summed E-state index contributed by atoms with van der Waals surface area (Å²) in [5, 5.41) is 2.67. The van der Waals surface area contributed by atoms with Crippen LogP contribution in [-0.2, 0) is 6.42 Å². The standard InChI is InChI=1S/C16H19NO/c1-2-11-17-16(18)15-9-7-14(8-10-15)12-13-5-3-4-6-13/h1,7-10,13H,3-6,11-12H2,(H,17,18). The molecule has 1 aromatic carbocycles. The van der Waals surface area contributed by atoms with Crippen LogP contribution in [-0.4, -0.2) is 12.5 Å². The first-order valence-electron chi connectivity index (χ1n) is 6.60. The quantitative estimate of drug-likeness (QED) is 0.807. The van der Waals surface area contributed by atoms with E-state index in [0.29, 0.717) is 5.56 Å². The van der Waals surface area contributed by atoms with Crippen LogP contribution in [0.15, 0.2) is 24.3 Å². The average molecular weight is 241 g/mol. The molecule has 0 heterocycles. The lowest BCUT2D eigenvalue weighted by Gasteiger charge is -2.09. The third-order valence-electron chi connectivity index (χ3n) is 3.57.